The molecule has 1 saturated carbocycles. The molecular weight excluding hydrogens is 256 g/mol. The lowest BCUT2D eigenvalue weighted by Gasteiger charge is -2.53. The molecule has 0 bridgehead atoms. The zero-order chi connectivity index (χ0) is 15.5. The Morgan fingerprint density at radius 3 is 2.38 bits per heavy atom. The highest BCUT2D eigenvalue weighted by Crippen LogP contribution is 2.46. The van der Waals surface area contributed by atoms with E-state index in [1.807, 2.05) is 0 Å². The predicted molar refractivity (Wildman–Crippen MR) is 91.1 cm³/mol. The first-order valence-electron chi connectivity index (χ1n) is 8.42. The number of hydrogen-bond acceptors (Lipinski definition) is 2. The molecule has 2 atom stereocenters. The molecule has 1 aliphatic rings. The summed E-state index contributed by atoms with van der Waals surface area (Å²) in [6.45, 7) is 12.3. The summed E-state index contributed by atoms with van der Waals surface area (Å²) < 4.78 is 0. The molecule has 118 valence electrons. The lowest BCUT2D eigenvalue weighted by Crippen LogP contribution is -2.60. The Kier molecular flexibility index (Phi) is 5.11. The average Bonchev–Trinajstić information content (AvgIpc) is 2.46. The van der Waals surface area contributed by atoms with Crippen LogP contribution in [0.3, 0.4) is 0 Å². The Labute approximate surface area is 130 Å². The van der Waals surface area contributed by atoms with Gasteiger partial charge in [0.05, 0.1) is 0 Å². The van der Waals surface area contributed by atoms with Gasteiger partial charge >= 0.3 is 0 Å². The summed E-state index contributed by atoms with van der Waals surface area (Å²) >= 11 is 0. The van der Waals surface area contributed by atoms with Crippen LogP contribution < -0.4 is 5.73 Å². The van der Waals surface area contributed by atoms with Crippen LogP contribution in [0.15, 0.2) is 30.3 Å². The minimum atomic E-state index is 0.167. The number of benzene rings is 1. The van der Waals surface area contributed by atoms with E-state index >= 15 is 0 Å². The van der Waals surface area contributed by atoms with Crippen LogP contribution in [0.1, 0.15) is 52.5 Å². The quantitative estimate of drug-likeness (QED) is 0.885. The number of nitrogens with zero attached hydrogens (tertiary/aromatic N) is 1. The molecule has 21 heavy (non-hydrogen) atoms. The first-order valence-corrected chi connectivity index (χ1v) is 8.42. The summed E-state index contributed by atoms with van der Waals surface area (Å²) in [6.07, 6.45) is 3.77. The predicted octanol–water partition coefficient (Wildman–Crippen LogP) is 4.05. The van der Waals surface area contributed by atoms with E-state index in [-0.39, 0.29) is 5.54 Å². The molecular formula is C19H32N2. The number of hydrogen-bond donors (Lipinski definition) is 1. The molecule has 0 saturated heterocycles. The second-order valence-electron chi connectivity index (χ2n) is 7.58. The molecule has 2 N–H and O–H groups in total. The van der Waals surface area contributed by atoms with E-state index in [0.717, 1.165) is 19.6 Å². The maximum atomic E-state index is 6.31. The van der Waals surface area contributed by atoms with Crippen LogP contribution in [0.5, 0.6) is 0 Å². The van der Waals surface area contributed by atoms with Gasteiger partial charge in [-0.05, 0) is 42.7 Å². The Morgan fingerprint density at radius 2 is 1.86 bits per heavy atom. The molecule has 2 unspecified atom stereocenters. The third kappa shape index (κ3) is 3.49. The van der Waals surface area contributed by atoms with Gasteiger partial charge in [0.1, 0.15) is 0 Å². The van der Waals surface area contributed by atoms with Crippen molar-refractivity contribution in [2.75, 3.05) is 13.1 Å². The van der Waals surface area contributed by atoms with Crippen molar-refractivity contribution in [1.82, 2.24) is 4.90 Å². The van der Waals surface area contributed by atoms with Gasteiger partial charge in [-0.1, -0.05) is 58.0 Å². The van der Waals surface area contributed by atoms with Crippen molar-refractivity contribution in [3.63, 3.8) is 0 Å². The monoisotopic (exact) mass is 288 g/mol. The van der Waals surface area contributed by atoms with Gasteiger partial charge in [0, 0.05) is 18.6 Å². The second kappa shape index (κ2) is 6.50. The van der Waals surface area contributed by atoms with Gasteiger partial charge in [-0.15, -0.1) is 0 Å². The maximum absolute atomic E-state index is 6.31. The van der Waals surface area contributed by atoms with Gasteiger partial charge < -0.3 is 5.73 Å². The van der Waals surface area contributed by atoms with Crippen LogP contribution in [-0.2, 0) is 6.54 Å². The Balaban J connectivity index is 2.21. The van der Waals surface area contributed by atoms with Crippen molar-refractivity contribution in [3.05, 3.63) is 35.9 Å². The van der Waals surface area contributed by atoms with Crippen LogP contribution in [0.25, 0.3) is 0 Å². The van der Waals surface area contributed by atoms with Crippen LogP contribution in [-0.4, -0.2) is 23.5 Å². The first kappa shape index (κ1) is 16.5. The lowest BCUT2D eigenvalue weighted by molar-refractivity contribution is -0.0245. The summed E-state index contributed by atoms with van der Waals surface area (Å²) in [6, 6.07) is 10.8. The van der Waals surface area contributed by atoms with E-state index in [1.54, 1.807) is 0 Å². The van der Waals surface area contributed by atoms with Crippen molar-refractivity contribution in [2.24, 2.45) is 17.1 Å². The highest BCUT2D eigenvalue weighted by atomic mass is 15.2. The fourth-order valence-corrected chi connectivity index (χ4v) is 4.21. The fraction of sp³-hybridized carbons (Fsp3) is 0.684. The van der Waals surface area contributed by atoms with E-state index < -0.39 is 0 Å². The van der Waals surface area contributed by atoms with E-state index in [4.69, 9.17) is 5.73 Å². The number of rotatable bonds is 5. The highest BCUT2D eigenvalue weighted by molar-refractivity contribution is 5.15. The minimum absolute atomic E-state index is 0.167. The van der Waals surface area contributed by atoms with Crippen LogP contribution in [0.2, 0.25) is 0 Å². The standard InChI is InChI=1S/C19H32N2/c1-5-21(14-17-9-7-6-8-10-17)19(15-20)12-11-18(3,4)13-16(19)2/h6-10,16H,5,11-15,20H2,1-4H3. The molecule has 1 aromatic carbocycles. The third-order valence-corrected chi connectivity index (χ3v) is 5.59. The van der Waals surface area contributed by atoms with Gasteiger partial charge in [0.2, 0.25) is 0 Å². The van der Waals surface area contributed by atoms with E-state index in [0.29, 0.717) is 11.3 Å². The molecule has 0 radical (unpaired) electrons. The lowest BCUT2D eigenvalue weighted by atomic mass is 9.63. The fourth-order valence-electron chi connectivity index (χ4n) is 4.21. The summed E-state index contributed by atoms with van der Waals surface area (Å²) in [5.74, 6) is 0.648. The van der Waals surface area contributed by atoms with Crippen LogP contribution in [0, 0.1) is 11.3 Å². The first-order chi connectivity index (χ1) is 9.93. The summed E-state index contributed by atoms with van der Waals surface area (Å²) in [5, 5.41) is 0. The van der Waals surface area contributed by atoms with E-state index in [1.165, 1.54) is 24.8 Å². The third-order valence-electron chi connectivity index (χ3n) is 5.59. The molecule has 0 amide bonds. The molecule has 2 rings (SSSR count). The molecule has 0 heterocycles. The topological polar surface area (TPSA) is 29.3 Å². The maximum Gasteiger partial charge on any atom is 0.0361 e. The number of nitrogens with two attached hydrogens (primary N) is 1. The van der Waals surface area contributed by atoms with Gasteiger partial charge in [0.25, 0.3) is 0 Å². The minimum Gasteiger partial charge on any atom is -0.329 e. The normalized spacial score (nSPS) is 28.8. The van der Waals surface area contributed by atoms with E-state index in [2.05, 4.69) is 62.9 Å². The zero-order valence-electron chi connectivity index (χ0n) is 14.2. The Hall–Kier alpha value is -0.860. The SMILES string of the molecule is CCN(Cc1ccccc1)C1(CN)CCC(C)(C)CC1C. The summed E-state index contributed by atoms with van der Waals surface area (Å²) in [7, 11) is 0. The van der Waals surface area contributed by atoms with Crippen molar-refractivity contribution < 1.29 is 0 Å². The smallest absolute Gasteiger partial charge is 0.0361 e. The van der Waals surface area contributed by atoms with Gasteiger partial charge in [-0.2, -0.15) is 0 Å². The Morgan fingerprint density at radius 1 is 1.19 bits per heavy atom. The molecule has 2 heteroatoms. The largest absolute Gasteiger partial charge is 0.329 e. The molecule has 0 spiro atoms. The summed E-state index contributed by atoms with van der Waals surface area (Å²) in [5.41, 5.74) is 8.33. The molecule has 0 aromatic heterocycles. The molecule has 1 aliphatic carbocycles. The zero-order valence-corrected chi connectivity index (χ0v) is 14.2. The highest BCUT2D eigenvalue weighted by Gasteiger charge is 2.46. The van der Waals surface area contributed by atoms with Gasteiger partial charge in [-0.25, -0.2) is 0 Å². The van der Waals surface area contributed by atoms with Crippen molar-refractivity contribution in [1.29, 1.82) is 0 Å². The van der Waals surface area contributed by atoms with Gasteiger partial charge in [0.15, 0.2) is 0 Å². The average molecular weight is 288 g/mol. The van der Waals surface area contributed by atoms with Crippen molar-refractivity contribution in [2.45, 2.75) is 59.0 Å². The second-order valence-corrected chi connectivity index (χ2v) is 7.58. The number of likely N-dealkylation sites (N-methyl/N-ethyl adjacent to an activating group) is 1. The van der Waals surface area contributed by atoms with Crippen molar-refractivity contribution in [3.8, 4) is 0 Å². The van der Waals surface area contributed by atoms with E-state index in [9.17, 15) is 0 Å². The Bertz CT molecular complexity index is 440. The van der Waals surface area contributed by atoms with Crippen LogP contribution in [0.4, 0.5) is 0 Å². The molecule has 1 fully saturated rings. The molecule has 1 aromatic rings. The molecule has 0 aliphatic heterocycles. The summed E-state index contributed by atoms with van der Waals surface area (Å²) in [4.78, 5) is 2.63. The van der Waals surface area contributed by atoms with Crippen molar-refractivity contribution >= 4 is 0 Å². The molecule has 2 nitrogen and oxygen atoms in total. The van der Waals surface area contributed by atoms with Gasteiger partial charge in [-0.3, -0.25) is 4.90 Å². The van der Waals surface area contributed by atoms with Crippen LogP contribution >= 0.6 is 0 Å².